The predicted molar refractivity (Wildman–Crippen MR) is 104 cm³/mol. The summed E-state index contributed by atoms with van der Waals surface area (Å²) < 4.78 is 0.978. The second-order valence-corrected chi connectivity index (χ2v) is 6.32. The quantitative estimate of drug-likeness (QED) is 0.563. The minimum atomic E-state index is -0.991. The smallest absolute Gasteiger partial charge is 0.322 e. The van der Waals surface area contributed by atoms with Gasteiger partial charge < -0.3 is 15.7 Å². The van der Waals surface area contributed by atoms with Crippen LogP contribution in [0.5, 0.6) is 0 Å². The van der Waals surface area contributed by atoms with Gasteiger partial charge in [0.05, 0.1) is 11.4 Å². The monoisotopic (exact) mass is 413 g/mol. The third kappa shape index (κ3) is 4.34. The summed E-state index contributed by atoms with van der Waals surface area (Å²) in [5.74, 6) is -0.241. The first-order chi connectivity index (χ1) is 12.5. The van der Waals surface area contributed by atoms with Gasteiger partial charge >= 0.3 is 5.97 Å². The molecule has 3 aromatic rings. The molecule has 0 aliphatic rings. The zero-order chi connectivity index (χ0) is 18.5. The minimum Gasteiger partial charge on any atom is -0.480 e. The number of aromatic nitrogens is 3. The Balaban J connectivity index is 1.99. The fourth-order valence-corrected chi connectivity index (χ4v) is 2.64. The molecule has 26 heavy (non-hydrogen) atoms. The largest absolute Gasteiger partial charge is 0.480 e. The maximum atomic E-state index is 10.8. The van der Waals surface area contributed by atoms with E-state index in [4.69, 9.17) is 5.11 Å². The number of hydrogen-bond acceptors (Lipinski definition) is 6. The summed E-state index contributed by atoms with van der Waals surface area (Å²) in [6.45, 7) is 1.71. The molecular weight excluding hydrogens is 398 g/mol. The predicted octanol–water partition coefficient (Wildman–Crippen LogP) is 3.85. The number of aliphatic carboxylic acids is 1. The molecule has 0 bridgehead atoms. The summed E-state index contributed by atoms with van der Waals surface area (Å²) in [5.41, 5.74) is 3.17. The molecule has 0 aliphatic heterocycles. The Morgan fingerprint density at radius 3 is 2.73 bits per heavy atom. The van der Waals surface area contributed by atoms with Crippen LogP contribution in [-0.2, 0) is 4.79 Å². The molecule has 0 fully saturated rings. The van der Waals surface area contributed by atoms with Crippen LogP contribution in [0.25, 0.3) is 11.4 Å². The zero-order valence-electron chi connectivity index (χ0n) is 13.9. The van der Waals surface area contributed by atoms with Crippen molar-refractivity contribution < 1.29 is 9.90 Å². The molecule has 3 N–H and O–H groups in total. The lowest BCUT2D eigenvalue weighted by atomic mass is 10.2. The topological polar surface area (TPSA) is 100 Å². The van der Waals surface area contributed by atoms with E-state index in [-0.39, 0.29) is 12.5 Å². The van der Waals surface area contributed by atoms with Crippen LogP contribution in [0.1, 0.15) is 5.56 Å². The number of carbonyl (C=O) groups is 1. The van der Waals surface area contributed by atoms with Crippen molar-refractivity contribution in [3.63, 3.8) is 0 Å². The first-order valence-electron chi connectivity index (χ1n) is 7.81. The van der Waals surface area contributed by atoms with Crippen molar-refractivity contribution in [3.8, 4) is 11.4 Å². The number of halogens is 1. The van der Waals surface area contributed by atoms with E-state index in [0.717, 1.165) is 15.7 Å². The fraction of sp³-hybridized carbons (Fsp3) is 0.111. The van der Waals surface area contributed by atoms with E-state index >= 15 is 0 Å². The molecule has 0 radical (unpaired) electrons. The van der Waals surface area contributed by atoms with Crippen LogP contribution in [0, 0.1) is 6.92 Å². The van der Waals surface area contributed by atoms with Gasteiger partial charge in [-0.2, -0.15) is 4.98 Å². The SMILES string of the molecule is Cc1c(Br)cccc1Nc1cc(-c2ccccn2)nc(NCC(=O)O)n1. The van der Waals surface area contributed by atoms with Crippen LogP contribution in [0.15, 0.2) is 53.1 Å². The Morgan fingerprint density at radius 1 is 1.15 bits per heavy atom. The van der Waals surface area contributed by atoms with E-state index in [2.05, 4.69) is 41.5 Å². The number of anilines is 3. The van der Waals surface area contributed by atoms with E-state index < -0.39 is 5.97 Å². The number of hydrogen-bond donors (Lipinski definition) is 3. The summed E-state index contributed by atoms with van der Waals surface area (Å²) in [6, 6.07) is 13.1. The van der Waals surface area contributed by atoms with Crippen molar-refractivity contribution in [1.29, 1.82) is 0 Å². The summed E-state index contributed by atoms with van der Waals surface area (Å²) in [4.78, 5) is 23.8. The standard InChI is InChI=1S/C18H16BrN5O2/c1-11-12(19)5-4-7-13(11)22-16-9-15(14-6-2-3-8-20-14)23-18(24-16)21-10-17(25)26/h2-9H,10H2,1H3,(H,25,26)(H2,21,22,23,24). The van der Waals surface area contributed by atoms with Crippen molar-refractivity contribution in [1.82, 2.24) is 15.0 Å². The van der Waals surface area contributed by atoms with Crippen LogP contribution < -0.4 is 10.6 Å². The van der Waals surface area contributed by atoms with Gasteiger partial charge in [0, 0.05) is 22.4 Å². The number of rotatable bonds is 6. The van der Waals surface area contributed by atoms with Crippen LogP contribution in [0.2, 0.25) is 0 Å². The molecule has 8 heteroatoms. The Morgan fingerprint density at radius 2 is 2.00 bits per heavy atom. The number of carboxylic acids is 1. The zero-order valence-corrected chi connectivity index (χ0v) is 15.5. The summed E-state index contributed by atoms with van der Waals surface area (Å²) in [6.07, 6.45) is 1.67. The van der Waals surface area contributed by atoms with Gasteiger partial charge in [-0.1, -0.05) is 28.1 Å². The normalized spacial score (nSPS) is 10.4. The second-order valence-electron chi connectivity index (χ2n) is 5.46. The Bertz CT molecular complexity index is 934. The van der Waals surface area contributed by atoms with Gasteiger partial charge in [0.2, 0.25) is 5.95 Å². The number of carboxylic acid groups (broad SMARTS) is 1. The minimum absolute atomic E-state index is 0.214. The summed E-state index contributed by atoms with van der Waals surface area (Å²) in [7, 11) is 0. The highest BCUT2D eigenvalue weighted by Crippen LogP contribution is 2.27. The highest BCUT2D eigenvalue weighted by Gasteiger charge is 2.10. The van der Waals surface area contributed by atoms with Crippen LogP contribution in [-0.4, -0.2) is 32.6 Å². The summed E-state index contributed by atoms with van der Waals surface area (Å²) >= 11 is 3.51. The Hall–Kier alpha value is -3.00. The van der Waals surface area contributed by atoms with Gasteiger partial charge in [-0.05, 0) is 36.8 Å². The maximum absolute atomic E-state index is 10.8. The van der Waals surface area contributed by atoms with E-state index in [0.29, 0.717) is 17.2 Å². The fourth-order valence-electron chi connectivity index (χ4n) is 2.27. The van der Waals surface area contributed by atoms with E-state index in [1.165, 1.54) is 0 Å². The average Bonchev–Trinajstić information content (AvgIpc) is 2.64. The number of pyridine rings is 1. The Kier molecular flexibility index (Phi) is 5.43. The molecule has 0 amide bonds. The van der Waals surface area contributed by atoms with Gasteiger partial charge in [-0.3, -0.25) is 9.78 Å². The first kappa shape index (κ1) is 17.8. The third-order valence-corrected chi connectivity index (χ3v) is 4.44. The van der Waals surface area contributed by atoms with Gasteiger partial charge in [0.15, 0.2) is 0 Å². The molecule has 3 rings (SSSR count). The molecule has 7 nitrogen and oxygen atoms in total. The maximum Gasteiger partial charge on any atom is 0.322 e. The molecule has 132 valence electrons. The lowest BCUT2D eigenvalue weighted by Crippen LogP contribution is -2.15. The number of nitrogens with one attached hydrogen (secondary N) is 2. The molecule has 0 atom stereocenters. The van der Waals surface area contributed by atoms with Crippen molar-refractivity contribution >= 4 is 39.4 Å². The molecular formula is C18H16BrN5O2. The van der Waals surface area contributed by atoms with Crippen molar-refractivity contribution in [2.75, 3.05) is 17.2 Å². The molecule has 0 aliphatic carbocycles. The van der Waals surface area contributed by atoms with E-state index in [1.807, 2.05) is 43.3 Å². The third-order valence-electron chi connectivity index (χ3n) is 3.58. The molecule has 2 aromatic heterocycles. The lowest BCUT2D eigenvalue weighted by molar-refractivity contribution is -0.134. The molecule has 0 unspecified atom stereocenters. The van der Waals surface area contributed by atoms with Gasteiger partial charge in [-0.25, -0.2) is 4.98 Å². The number of nitrogens with zero attached hydrogens (tertiary/aromatic N) is 3. The van der Waals surface area contributed by atoms with Gasteiger partial charge in [0.1, 0.15) is 12.4 Å². The molecule has 0 saturated heterocycles. The lowest BCUT2D eigenvalue weighted by Gasteiger charge is -2.13. The van der Waals surface area contributed by atoms with Crippen LogP contribution >= 0.6 is 15.9 Å². The molecule has 1 aromatic carbocycles. The van der Waals surface area contributed by atoms with E-state index in [1.54, 1.807) is 12.3 Å². The van der Waals surface area contributed by atoms with Crippen LogP contribution in [0.4, 0.5) is 17.5 Å². The van der Waals surface area contributed by atoms with Crippen molar-refractivity contribution in [2.45, 2.75) is 6.92 Å². The van der Waals surface area contributed by atoms with Crippen LogP contribution in [0.3, 0.4) is 0 Å². The van der Waals surface area contributed by atoms with Crippen molar-refractivity contribution in [3.05, 3.63) is 58.7 Å². The second kappa shape index (κ2) is 7.92. The molecule has 0 saturated carbocycles. The van der Waals surface area contributed by atoms with Gasteiger partial charge in [-0.15, -0.1) is 0 Å². The summed E-state index contributed by atoms with van der Waals surface area (Å²) in [5, 5.41) is 14.8. The average molecular weight is 414 g/mol. The Labute approximate surface area is 158 Å². The van der Waals surface area contributed by atoms with Crippen molar-refractivity contribution in [2.24, 2.45) is 0 Å². The molecule has 0 spiro atoms. The first-order valence-corrected chi connectivity index (χ1v) is 8.60. The highest BCUT2D eigenvalue weighted by molar-refractivity contribution is 9.10. The van der Waals surface area contributed by atoms with E-state index in [9.17, 15) is 4.79 Å². The number of benzene rings is 1. The highest BCUT2D eigenvalue weighted by atomic mass is 79.9. The molecule has 2 heterocycles. The van der Waals surface area contributed by atoms with Gasteiger partial charge in [0.25, 0.3) is 0 Å².